The highest BCUT2D eigenvalue weighted by atomic mass is 32.1. The first-order valence-electron chi connectivity index (χ1n) is 9.67. The van der Waals surface area contributed by atoms with Gasteiger partial charge in [-0.3, -0.25) is 4.79 Å². The summed E-state index contributed by atoms with van der Waals surface area (Å²) in [6.45, 7) is 8.27. The lowest BCUT2D eigenvalue weighted by Gasteiger charge is -2.10. The zero-order chi connectivity index (χ0) is 21.0. The Morgan fingerprint density at radius 1 is 1.03 bits per heavy atom. The fraction of sp³-hybridized carbons (Fsp3) is 0.250. The minimum absolute atomic E-state index is 0.247. The summed E-state index contributed by atoms with van der Waals surface area (Å²) >= 11 is 1.33. The Morgan fingerprint density at radius 2 is 1.69 bits per heavy atom. The Bertz CT molecular complexity index is 1000. The van der Waals surface area contributed by atoms with Gasteiger partial charge in [-0.1, -0.05) is 55.8 Å². The normalized spacial score (nSPS) is 10.8. The van der Waals surface area contributed by atoms with E-state index in [2.05, 4.69) is 19.2 Å². The Balaban J connectivity index is 1.93. The average Bonchev–Trinajstić information content (AvgIpc) is 3.12. The van der Waals surface area contributed by atoms with Gasteiger partial charge in [-0.05, 0) is 43.0 Å². The van der Waals surface area contributed by atoms with E-state index >= 15 is 0 Å². The number of benzene rings is 2. The van der Waals surface area contributed by atoms with Crippen LogP contribution in [0.4, 0.5) is 5.00 Å². The summed E-state index contributed by atoms with van der Waals surface area (Å²) in [6, 6.07) is 15.5. The van der Waals surface area contributed by atoms with Gasteiger partial charge in [0, 0.05) is 16.5 Å². The smallest absolute Gasteiger partial charge is 0.341 e. The third kappa shape index (κ3) is 4.74. The molecule has 150 valence electrons. The zero-order valence-corrected chi connectivity index (χ0v) is 17.9. The van der Waals surface area contributed by atoms with Crippen molar-refractivity contribution >= 4 is 28.2 Å². The summed E-state index contributed by atoms with van der Waals surface area (Å²) in [7, 11) is 0. The van der Waals surface area contributed by atoms with Crippen LogP contribution in [0, 0.1) is 6.92 Å². The number of rotatable bonds is 6. The molecule has 3 rings (SSSR count). The Hall–Kier alpha value is -2.92. The summed E-state index contributed by atoms with van der Waals surface area (Å²) in [5.41, 5.74) is 4.93. The molecule has 0 radical (unpaired) electrons. The van der Waals surface area contributed by atoms with Crippen LogP contribution in [0.1, 0.15) is 58.5 Å². The molecule has 0 aliphatic carbocycles. The van der Waals surface area contributed by atoms with Gasteiger partial charge >= 0.3 is 5.97 Å². The number of amides is 1. The lowest BCUT2D eigenvalue weighted by atomic mass is 10.0. The van der Waals surface area contributed by atoms with Gasteiger partial charge in [-0.15, -0.1) is 11.3 Å². The highest BCUT2D eigenvalue weighted by Crippen LogP contribution is 2.36. The van der Waals surface area contributed by atoms with E-state index in [1.165, 1.54) is 16.9 Å². The van der Waals surface area contributed by atoms with E-state index in [1.807, 2.05) is 60.8 Å². The lowest BCUT2D eigenvalue weighted by molar-refractivity contribution is 0.0529. The van der Waals surface area contributed by atoms with E-state index in [9.17, 15) is 9.59 Å². The van der Waals surface area contributed by atoms with E-state index in [4.69, 9.17) is 4.74 Å². The minimum atomic E-state index is -0.435. The number of hydrogen-bond donors (Lipinski definition) is 1. The summed E-state index contributed by atoms with van der Waals surface area (Å²) < 4.78 is 5.26. The molecule has 2 aromatic carbocycles. The minimum Gasteiger partial charge on any atom is -0.462 e. The number of nitrogens with one attached hydrogen (secondary N) is 1. The zero-order valence-electron chi connectivity index (χ0n) is 17.1. The molecule has 1 heterocycles. The molecule has 0 unspecified atom stereocenters. The van der Waals surface area contributed by atoms with Gasteiger partial charge in [0.2, 0.25) is 0 Å². The number of esters is 1. The Morgan fingerprint density at radius 3 is 2.28 bits per heavy atom. The number of anilines is 1. The van der Waals surface area contributed by atoms with Gasteiger partial charge < -0.3 is 10.1 Å². The first-order valence-corrected chi connectivity index (χ1v) is 10.6. The molecule has 5 heteroatoms. The van der Waals surface area contributed by atoms with E-state index < -0.39 is 5.97 Å². The fourth-order valence-electron chi connectivity index (χ4n) is 3.00. The Labute approximate surface area is 175 Å². The van der Waals surface area contributed by atoms with Crippen LogP contribution >= 0.6 is 11.3 Å². The van der Waals surface area contributed by atoms with Gasteiger partial charge in [-0.25, -0.2) is 4.79 Å². The topological polar surface area (TPSA) is 55.4 Å². The summed E-state index contributed by atoms with van der Waals surface area (Å²) in [5.74, 6) is -0.283. The summed E-state index contributed by atoms with van der Waals surface area (Å²) in [6.07, 6.45) is 0. The molecule has 0 saturated carbocycles. The van der Waals surface area contributed by atoms with Gasteiger partial charge in [-0.2, -0.15) is 0 Å². The van der Waals surface area contributed by atoms with E-state index in [0.717, 1.165) is 16.7 Å². The van der Waals surface area contributed by atoms with E-state index in [0.29, 0.717) is 22.0 Å². The van der Waals surface area contributed by atoms with Crippen molar-refractivity contribution in [2.75, 3.05) is 11.9 Å². The van der Waals surface area contributed by atoms with Crippen molar-refractivity contribution in [3.63, 3.8) is 0 Å². The molecule has 29 heavy (non-hydrogen) atoms. The van der Waals surface area contributed by atoms with Crippen LogP contribution in [0.25, 0.3) is 11.1 Å². The molecule has 0 spiro atoms. The molecule has 4 nitrogen and oxygen atoms in total. The summed E-state index contributed by atoms with van der Waals surface area (Å²) in [5, 5.41) is 5.28. The largest absolute Gasteiger partial charge is 0.462 e. The average molecular weight is 408 g/mol. The molecule has 0 saturated heterocycles. The van der Waals surface area contributed by atoms with Crippen LogP contribution < -0.4 is 5.32 Å². The number of carbonyl (C=O) groups is 2. The molecule has 3 aromatic rings. The summed E-state index contributed by atoms with van der Waals surface area (Å²) in [4.78, 5) is 25.4. The predicted octanol–water partition coefficient (Wildman–Crippen LogP) is 6.28. The first kappa shape index (κ1) is 20.8. The van der Waals surface area contributed by atoms with Crippen molar-refractivity contribution in [3.05, 3.63) is 76.2 Å². The molecule has 0 bridgehead atoms. The van der Waals surface area contributed by atoms with Gasteiger partial charge in [0.25, 0.3) is 5.91 Å². The SMILES string of the molecule is CCOC(=O)c1c(-c2ccc(C)cc2)csc1NC(=O)c1ccc(C(C)C)cc1. The van der Waals surface area contributed by atoms with Crippen molar-refractivity contribution in [2.24, 2.45) is 0 Å². The molecule has 0 aliphatic heterocycles. The molecule has 1 amide bonds. The van der Waals surface area contributed by atoms with Crippen LogP contribution in [-0.2, 0) is 4.74 Å². The maximum absolute atomic E-state index is 12.8. The van der Waals surface area contributed by atoms with Crippen molar-refractivity contribution in [2.45, 2.75) is 33.6 Å². The van der Waals surface area contributed by atoms with Crippen molar-refractivity contribution in [1.29, 1.82) is 0 Å². The number of carbonyl (C=O) groups excluding carboxylic acids is 2. The second-order valence-corrected chi connectivity index (χ2v) is 8.05. The van der Waals surface area contributed by atoms with Gasteiger partial charge in [0.05, 0.1) is 6.61 Å². The van der Waals surface area contributed by atoms with Crippen molar-refractivity contribution < 1.29 is 14.3 Å². The highest BCUT2D eigenvalue weighted by molar-refractivity contribution is 7.15. The molecule has 1 N–H and O–H groups in total. The molecule has 0 aliphatic rings. The van der Waals surface area contributed by atoms with Gasteiger partial charge in [0.15, 0.2) is 0 Å². The molecular weight excluding hydrogens is 382 g/mol. The first-order chi connectivity index (χ1) is 13.9. The van der Waals surface area contributed by atoms with Crippen LogP contribution in [-0.4, -0.2) is 18.5 Å². The lowest BCUT2D eigenvalue weighted by Crippen LogP contribution is -2.15. The number of aryl methyl sites for hydroxylation is 1. The monoisotopic (exact) mass is 407 g/mol. The molecule has 0 fully saturated rings. The van der Waals surface area contributed by atoms with Crippen molar-refractivity contribution in [1.82, 2.24) is 0 Å². The van der Waals surface area contributed by atoms with E-state index in [1.54, 1.807) is 6.92 Å². The molecule has 0 atom stereocenters. The number of thiophene rings is 1. The van der Waals surface area contributed by atoms with E-state index in [-0.39, 0.29) is 12.5 Å². The second kappa shape index (κ2) is 9.05. The third-order valence-corrected chi connectivity index (χ3v) is 5.60. The van der Waals surface area contributed by atoms with Crippen LogP contribution in [0.5, 0.6) is 0 Å². The third-order valence-electron chi connectivity index (χ3n) is 4.70. The maximum Gasteiger partial charge on any atom is 0.341 e. The predicted molar refractivity (Wildman–Crippen MR) is 119 cm³/mol. The highest BCUT2D eigenvalue weighted by Gasteiger charge is 2.23. The molecule has 1 aromatic heterocycles. The maximum atomic E-state index is 12.8. The standard InChI is InChI=1S/C24H25NO3S/c1-5-28-24(27)21-20(18-8-6-16(4)7-9-18)14-29-23(21)25-22(26)19-12-10-17(11-13-19)15(2)3/h6-15H,5H2,1-4H3,(H,25,26). The van der Waals surface area contributed by atoms with Gasteiger partial charge in [0.1, 0.15) is 10.6 Å². The Kier molecular flexibility index (Phi) is 6.49. The number of hydrogen-bond acceptors (Lipinski definition) is 4. The quantitative estimate of drug-likeness (QED) is 0.490. The fourth-order valence-corrected chi connectivity index (χ4v) is 3.95. The second-order valence-electron chi connectivity index (χ2n) is 7.17. The number of ether oxygens (including phenoxy) is 1. The van der Waals surface area contributed by atoms with Crippen LogP contribution in [0.15, 0.2) is 53.9 Å². The van der Waals surface area contributed by atoms with Crippen LogP contribution in [0.3, 0.4) is 0 Å². The molecular formula is C24H25NO3S. The van der Waals surface area contributed by atoms with Crippen LogP contribution in [0.2, 0.25) is 0 Å². The van der Waals surface area contributed by atoms with Crippen molar-refractivity contribution in [3.8, 4) is 11.1 Å².